The Labute approximate surface area is 133 Å². The highest BCUT2D eigenvalue weighted by Crippen LogP contribution is 2.11. The molecule has 0 spiro atoms. The fraction of sp³-hybridized carbons (Fsp3) is 0.0909. The Balaban J connectivity index is 2.19. The van der Waals surface area contributed by atoms with Crippen LogP contribution in [0.3, 0.4) is 0 Å². The Morgan fingerprint density at radius 2 is 1.82 bits per heavy atom. The van der Waals surface area contributed by atoms with Crippen molar-refractivity contribution >= 4 is 0 Å². The van der Waals surface area contributed by atoms with Gasteiger partial charge in [0.1, 0.15) is 0 Å². The van der Waals surface area contributed by atoms with E-state index in [1.54, 1.807) is 6.08 Å². The maximum absolute atomic E-state index is 3.72. The van der Waals surface area contributed by atoms with Crippen LogP contribution in [-0.2, 0) is 6.42 Å². The van der Waals surface area contributed by atoms with E-state index in [2.05, 4.69) is 60.9 Å². The van der Waals surface area contributed by atoms with Crippen LogP contribution >= 0.6 is 0 Å². The summed E-state index contributed by atoms with van der Waals surface area (Å²) >= 11 is 0. The van der Waals surface area contributed by atoms with Crippen molar-refractivity contribution < 1.29 is 0 Å². The van der Waals surface area contributed by atoms with Crippen molar-refractivity contribution in [1.82, 2.24) is 0 Å². The average Bonchev–Trinajstić information content (AvgIpc) is 2.54. The molecule has 2 aromatic rings. The van der Waals surface area contributed by atoms with Crippen molar-refractivity contribution in [3.8, 4) is 11.8 Å². The molecule has 0 nitrogen and oxygen atoms in total. The monoisotopic (exact) mass is 284 g/mol. The van der Waals surface area contributed by atoms with Crippen LogP contribution in [0.15, 0.2) is 91.1 Å². The van der Waals surface area contributed by atoms with E-state index in [1.807, 2.05) is 37.3 Å². The van der Waals surface area contributed by atoms with Gasteiger partial charge in [0.25, 0.3) is 0 Å². The smallest absolute Gasteiger partial charge is 0.0251 e. The minimum atomic E-state index is 0.931. The van der Waals surface area contributed by atoms with Crippen molar-refractivity contribution in [2.75, 3.05) is 0 Å². The van der Waals surface area contributed by atoms with Gasteiger partial charge in [0.2, 0.25) is 0 Å². The molecule has 0 N–H and O–H groups in total. The second-order valence-electron chi connectivity index (χ2n) is 4.97. The summed E-state index contributed by atoms with van der Waals surface area (Å²) in [5.74, 6) is 6.41. The molecule has 22 heavy (non-hydrogen) atoms. The van der Waals surface area contributed by atoms with Gasteiger partial charge >= 0.3 is 0 Å². The molecule has 0 aliphatic heterocycles. The molecule has 0 atom stereocenters. The summed E-state index contributed by atoms with van der Waals surface area (Å²) in [4.78, 5) is 0. The zero-order chi connectivity index (χ0) is 15.6. The maximum Gasteiger partial charge on any atom is 0.0251 e. The first-order chi connectivity index (χ1) is 10.8. The Bertz CT molecular complexity index is 734. The van der Waals surface area contributed by atoms with E-state index in [0.717, 1.165) is 17.6 Å². The third-order valence-electron chi connectivity index (χ3n) is 3.17. The highest BCUT2D eigenvalue weighted by atomic mass is 14.0. The third-order valence-corrected chi connectivity index (χ3v) is 3.17. The standard InChI is InChI=1S/C22H20/c1-3-9-19(10-4-2)15-16-21-13-8-14-22(18-21)17-20-11-6-5-7-12-20/h3-14,18H,1,17H2,2H3/b10-4-,19-9+. The number of rotatable bonds is 4. The van der Waals surface area contributed by atoms with Gasteiger partial charge in [-0.3, -0.25) is 0 Å². The van der Waals surface area contributed by atoms with Gasteiger partial charge in [0.15, 0.2) is 0 Å². The van der Waals surface area contributed by atoms with E-state index in [-0.39, 0.29) is 0 Å². The van der Waals surface area contributed by atoms with Gasteiger partial charge in [-0.15, -0.1) is 0 Å². The fourth-order valence-corrected chi connectivity index (χ4v) is 2.18. The Hall–Kier alpha value is -2.78. The quantitative estimate of drug-likeness (QED) is 0.526. The molecular weight excluding hydrogens is 264 g/mol. The van der Waals surface area contributed by atoms with Gasteiger partial charge in [-0.25, -0.2) is 0 Å². The van der Waals surface area contributed by atoms with E-state index in [4.69, 9.17) is 0 Å². The van der Waals surface area contributed by atoms with Crippen LogP contribution in [0.4, 0.5) is 0 Å². The molecule has 0 heteroatoms. The highest BCUT2D eigenvalue weighted by molar-refractivity contribution is 5.47. The van der Waals surface area contributed by atoms with Gasteiger partial charge in [-0.05, 0) is 42.7 Å². The van der Waals surface area contributed by atoms with Crippen LogP contribution < -0.4 is 0 Å². The zero-order valence-corrected chi connectivity index (χ0v) is 12.9. The molecule has 2 aromatic carbocycles. The van der Waals surface area contributed by atoms with Crippen molar-refractivity contribution in [3.05, 3.63) is 108 Å². The molecule has 0 heterocycles. The van der Waals surface area contributed by atoms with Crippen molar-refractivity contribution in [2.24, 2.45) is 0 Å². The van der Waals surface area contributed by atoms with E-state index in [0.29, 0.717) is 0 Å². The number of allylic oxidation sites excluding steroid dienone is 5. The van der Waals surface area contributed by atoms with Crippen LogP contribution in [-0.4, -0.2) is 0 Å². The minimum Gasteiger partial charge on any atom is -0.0990 e. The lowest BCUT2D eigenvalue weighted by Gasteiger charge is -2.02. The number of hydrogen-bond donors (Lipinski definition) is 0. The Kier molecular flexibility index (Phi) is 6.03. The lowest BCUT2D eigenvalue weighted by atomic mass is 10.0. The molecule has 0 saturated heterocycles. The molecule has 0 aromatic heterocycles. The molecule has 0 aliphatic rings. The predicted molar refractivity (Wildman–Crippen MR) is 95.7 cm³/mol. The summed E-state index contributed by atoms with van der Waals surface area (Å²) in [7, 11) is 0. The summed E-state index contributed by atoms with van der Waals surface area (Å²) in [5, 5.41) is 0. The van der Waals surface area contributed by atoms with Gasteiger partial charge < -0.3 is 0 Å². The van der Waals surface area contributed by atoms with Gasteiger partial charge in [0.05, 0.1) is 0 Å². The SMILES string of the molecule is C=C/C=C(C#Cc1cccc(Cc2ccccc2)c1)\C=C/C. The van der Waals surface area contributed by atoms with Crippen molar-refractivity contribution in [3.63, 3.8) is 0 Å². The topological polar surface area (TPSA) is 0 Å². The first kappa shape index (κ1) is 15.6. The van der Waals surface area contributed by atoms with Crippen LogP contribution in [0.25, 0.3) is 0 Å². The molecule has 0 saturated carbocycles. The second-order valence-corrected chi connectivity index (χ2v) is 4.97. The Morgan fingerprint density at radius 3 is 2.55 bits per heavy atom. The first-order valence-corrected chi connectivity index (χ1v) is 7.42. The lowest BCUT2D eigenvalue weighted by Crippen LogP contribution is -1.88. The van der Waals surface area contributed by atoms with Crippen LogP contribution in [0, 0.1) is 11.8 Å². The molecule has 108 valence electrons. The predicted octanol–water partition coefficient (Wildman–Crippen LogP) is 5.32. The van der Waals surface area contributed by atoms with Crippen LogP contribution in [0.1, 0.15) is 23.6 Å². The largest absolute Gasteiger partial charge is 0.0990 e. The zero-order valence-electron chi connectivity index (χ0n) is 12.9. The van der Waals surface area contributed by atoms with Gasteiger partial charge in [0, 0.05) is 11.1 Å². The maximum atomic E-state index is 3.72. The molecule has 0 amide bonds. The molecule has 0 fully saturated rings. The van der Waals surface area contributed by atoms with E-state index in [9.17, 15) is 0 Å². The molecule has 0 unspecified atom stereocenters. The van der Waals surface area contributed by atoms with Crippen LogP contribution in [0.5, 0.6) is 0 Å². The third kappa shape index (κ3) is 4.96. The average molecular weight is 284 g/mol. The fourth-order valence-electron chi connectivity index (χ4n) is 2.18. The number of benzene rings is 2. The van der Waals surface area contributed by atoms with E-state index < -0.39 is 0 Å². The Morgan fingerprint density at radius 1 is 1.05 bits per heavy atom. The summed E-state index contributed by atoms with van der Waals surface area (Å²) in [6, 6.07) is 18.9. The van der Waals surface area contributed by atoms with Gasteiger partial charge in [-0.2, -0.15) is 0 Å². The molecular formula is C22H20. The normalized spacial score (nSPS) is 11.0. The van der Waals surface area contributed by atoms with Gasteiger partial charge in [-0.1, -0.05) is 79.1 Å². The van der Waals surface area contributed by atoms with Crippen molar-refractivity contribution in [2.45, 2.75) is 13.3 Å². The van der Waals surface area contributed by atoms with Crippen LogP contribution in [0.2, 0.25) is 0 Å². The summed E-state index contributed by atoms with van der Waals surface area (Å²) in [6.07, 6.45) is 8.58. The van der Waals surface area contributed by atoms with E-state index in [1.165, 1.54) is 11.1 Å². The summed E-state index contributed by atoms with van der Waals surface area (Å²) in [5.41, 5.74) is 4.59. The highest BCUT2D eigenvalue weighted by Gasteiger charge is 1.96. The first-order valence-electron chi connectivity index (χ1n) is 7.42. The summed E-state index contributed by atoms with van der Waals surface area (Å²) < 4.78 is 0. The van der Waals surface area contributed by atoms with E-state index >= 15 is 0 Å². The minimum absolute atomic E-state index is 0.931. The summed E-state index contributed by atoms with van der Waals surface area (Å²) in [6.45, 7) is 5.71. The molecule has 0 radical (unpaired) electrons. The molecule has 2 rings (SSSR count). The second kappa shape index (κ2) is 8.49. The number of hydrogen-bond acceptors (Lipinski definition) is 0. The lowest BCUT2D eigenvalue weighted by molar-refractivity contribution is 1.19. The molecule has 0 bridgehead atoms. The molecule has 0 aliphatic carbocycles. The van der Waals surface area contributed by atoms with Crippen molar-refractivity contribution in [1.29, 1.82) is 0 Å².